The van der Waals surface area contributed by atoms with Crippen molar-refractivity contribution in [3.8, 4) is 11.5 Å². The van der Waals surface area contributed by atoms with Crippen molar-refractivity contribution < 1.29 is 23.8 Å². The Kier molecular flexibility index (Phi) is 3.09. The average molecular weight is 332 g/mol. The lowest BCUT2D eigenvalue weighted by molar-refractivity contribution is -0.194. The van der Waals surface area contributed by atoms with Gasteiger partial charge in [0, 0.05) is 19.2 Å². The molecule has 2 fully saturated rings. The Morgan fingerprint density at radius 1 is 1.38 bits per heavy atom. The molecule has 2 saturated heterocycles. The largest absolute Gasteiger partial charge is 0.497 e. The highest BCUT2D eigenvalue weighted by atomic mass is 16.6. The number of fused-ring (bicyclic) bond motifs is 4. The molecule has 7 heteroatoms. The molecule has 1 aromatic rings. The van der Waals surface area contributed by atoms with Crippen molar-refractivity contribution in [1.29, 1.82) is 0 Å². The maximum Gasteiger partial charge on any atom is 0.325 e. The van der Waals surface area contributed by atoms with Gasteiger partial charge in [-0.2, -0.15) is 0 Å². The lowest BCUT2D eigenvalue weighted by Crippen LogP contribution is -2.71. The molecular weight excluding hydrogens is 312 g/mol. The standard InChI is InChI=1S/C17H20N2O5/c1-16-13(5-4-8-23-16)24-12-7-6-10(22-3)9-11(12)17(16)14(20)19(2)15(21)18-17/h6-7,9,13H,4-5,8H2,1-3H3,(H,18,21)/t13-,16-,17+/m0/s1. The van der Waals surface area contributed by atoms with Gasteiger partial charge in [0.05, 0.1) is 7.11 Å². The van der Waals surface area contributed by atoms with Crippen molar-refractivity contribution in [2.24, 2.45) is 0 Å². The molecule has 4 rings (SSSR count). The molecule has 0 aliphatic carbocycles. The summed E-state index contributed by atoms with van der Waals surface area (Å²) in [7, 11) is 3.03. The number of amides is 3. The van der Waals surface area contributed by atoms with Crippen LogP contribution in [0.25, 0.3) is 0 Å². The minimum atomic E-state index is -1.31. The van der Waals surface area contributed by atoms with E-state index in [2.05, 4.69) is 5.32 Å². The lowest BCUT2D eigenvalue weighted by Gasteiger charge is -2.53. The molecule has 3 atom stereocenters. The minimum absolute atomic E-state index is 0.317. The molecule has 24 heavy (non-hydrogen) atoms. The van der Waals surface area contributed by atoms with Crippen LogP contribution < -0.4 is 14.8 Å². The Balaban J connectivity index is 2.00. The maximum atomic E-state index is 13.2. The molecule has 0 saturated carbocycles. The highest BCUT2D eigenvalue weighted by Gasteiger charge is 2.69. The van der Waals surface area contributed by atoms with E-state index in [4.69, 9.17) is 14.2 Å². The van der Waals surface area contributed by atoms with E-state index >= 15 is 0 Å². The van der Waals surface area contributed by atoms with Crippen LogP contribution in [0, 0.1) is 0 Å². The predicted octanol–water partition coefficient (Wildman–Crippen LogP) is 1.40. The van der Waals surface area contributed by atoms with Crippen LogP contribution in [0.1, 0.15) is 25.3 Å². The first kappa shape index (κ1) is 15.3. The first-order chi connectivity index (χ1) is 11.4. The van der Waals surface area contributed by atoms with E-state index in [9.17, 15) is 9.59 Å². The number of carbonyl (C=O) groups excluding carboxylic acids is 2. The van der Waals surface area contributed by atoms with Crippen LogP contribution in [0.4, 0.5) is 4.79 Å². The zero-order valence-corrected chi connectivity index (χ0v) is 13.9. The molecule has 128 valence electrons. The zero-order valence-electron chi connectivity index (χ0n) is 13.9. The van der Waals surface area contributed by atoms with Gasteiger partial charge >= 0.3 is 6.03 Å². The summed E-state index contributed by atoms with van der Waals surface area (Å²) in [5.74, 6) is 0.832. The van der Waals surface area contributed by atoms with Crippen LogP contribution in [-0.4, -0.2) is 49.3 Å². The highest BCUT2D eigenvalue weighted by Crippen LogP contribution is 2.53. The zero-order chi connectivity index (χ0) is 17.1. The first-order valence-corrected chi connectivity index (χ1v) is 8.03. The molecule has 0 radical (unpaired) electrons. The second kappa shape index (κ2) is 4.86. The molecular formula is C17H20N2O5. The summed E-state index contributed by atoms with van der Waals surface area (Å²) in [6.45, 7) is 2.36. The van der Waals surface area contributed by atoms with Crippen LogP contribution in [-0.2, 0) is 15.1 Å². The van der Waals surface area contributed by atoms with E-state index in [-0.39, 0.29) is 12.0 Å². The van der Waals surface area contributed by atoms with Crippen molar-refractivity contribution in [2.75, 3.05) is 20.8 Å². The molecule has 3 amide bonds. The predicted molar refractivity (Wildman–Crippen MR) is 84.0 cm³/mol. The van der Waals surface area contributed by atoms with Crippen molar-refractivity contribution in [3.05, 3.63) is 23.8 Å². The second-order valence-corrected chi connectivity index (χ2v) is 6.61. The topological polar surface area (TPSA) is 77.1 Å². The van der Waals surface area contributed by atoms with Crippen LogP contribution in [0.5, 0.6) is 11.5 Å². The fourth-order valence-electron chi connectivity index (χ4n) is 4.06. The maximum absolute atomic E-state index is 13.2. The molecule has 0 unspecified atom stereocenters. The first-order valence-electron chi connectivity index (χ1n) is 8.03. The quantitative estimate of drug-likeness (QED) is 0.787. The van der Waals surface area contributed by atoms with Gasteiger partial charge in [0.1, 0.15) is 23.2 Å². The summed E-state index contributed by atoms with van der Waals surface area (Å²) in [5.41, 5.74) is -1.72. The number of methoxy groups -OCH3 is 1. The number of carbonyl (C=O) groups is 2. The third-order valence-electron chi connectivity index (χ3n) is 5.46. The number of benzene rings is 1. The van der Waals surface area contributed by atoms with Crippen molar-refractivity contribution in [3.63, 3.8) is 0 Å². The van der Waals surface area contributed by atoms with E-state index in [1.54, 1.807) is 25.3 Å². The normalized spacial score (nSPS) is 34.5. The van der Waals surface area contributed by atoms with Crippen molar-refractivity contribution in [2.45, 2.75) is 37.0 Å². The fraction of sp³-hybridized carbons (Fsp3) is 0.529. The van der Waals surface area contributed by atoms with Crippen molar-refractivity contribution >= 4 is 11.9 Å². The van der Waals surface area contributed by atoms with Gasteiger partial charge in [-0.1, -0.05) is 0 Å². The van der Waals surface area contributed by atoms with Gasteiger partial charge in [0.15, 0.2) is 5.54 Å². The van der Waals surface area contributed by atoms with Crippen molar-refractivity contribution in [1.82, 2.24) is 10.2 Å². The van der Waals surface area contributed by atoms with Crippen LogP contribution in [0.2, 0.25) is 0 Å². The van der Waals surface area contributed by atoms with E-state index in [1.807, 2.05) is 6.92 Å². The van der Waals surface area contributed by atoms with E-state index in [1.165, 1.54) is 7.05 Å². The number of nitrogens with one attached hydrogen (secondary N) is 1. The van der Waals surface area contributed by atoms with Crippen LogP contribution in [0.15, 0.2) is 18.2 Å². The second-order valence-electron chi connectivity index (χ2n) is 6.61. The smallest absolute Gasteiger partial charge is 0.325 e. The Bertz CT molecular complexity index is 736. The Morgan fingerprint density at radius 3 is 2.83 bits per heavy atom. The lowest BCUT2D eigenvalue weighted by atomic mass is 9.68. The molecule has 0 bridgehead atoms. The van der Waals surface area contributed by atoms with Gasteiger partial charge in [-0.15, -0.1) is 0 Å². The summed E-state index contributed by atoms with van der Waals surface area (Å²) in [6.07, 6.45) is 1.29. The Morgan fingerprint density at radius 2 is 2.17 bits per heavy atom. The summed E-state index contributed by atoms with van der Waals surface area (Å²) in [4.78, 5) is 26.6. The number of nitrogens with zero attached hydrogens (tertiary/aromatic N) is 1. The number of urea groups is 1. The van der Waals surface area contributed by atoms with Gasteiger partial charge in [0.25, 0.3) is 5.91 Å². The Hall–Kier alpha value is -2.28. The summed E-state index contributed by atoms with van der Waals surface area (Å²) in [5, 5.41) is 2.89. The highest BCUT2D eigenvalue weighted by molar-refractivity contribution is 6.08. The molecule has 1 spiro atoms. The van der Waals surface area contributed by atoms with Crippen LogP contribution in [0.3, 0.4) is 0 Å². The monoisotopic (exact) mass is 332 g/mol. The number of rotatable bonds is 1. The Labute approximate surface area is 139 Å². The summed E-state index contributed by atoms with van der Waals surface area (Å²) in [6, 6.07) is 4.86. The SMILES string of the molecule is COc1ccc2c(c1)[C@]1(NC(=O)N(C)C1=O)[C@@]1(C)OCCC[C@@H]1O2. The number of imide groups is 1. The van der Waals surface area contributed by atoms with E-state index < -0.39 is 17.2 Å². The van der Waals surface area contributed by atoms with E-state index in [0.717, 1.165) is 17.7 Å². The number of likely N-dealkylation sites (N-methyl/N-ethyl adjacent to an activating group) is 1. The van der Waals surface area contributed by atoms with Gasteiger partial charge in [0.2, 0.25) is 0 Å². The average Bonchev–Trinajstić information content (AvgIpc) is 2.82. The number of hydrogen-bond donors (Lipinski definition) is 1. The van der Waals surface area contributed by atoms with Gasteiger partial charge in [-0.05, 0) is 38.0 Å². The molecule has 3 aliphatic rings. The molecule has 3 aliphatic heterocycles. The summed E-state index contributed by atoms with van der Waals surface area (Å²) >= 11 is 0. The summed E-state index contributed by atoms with van der Waals surface area (Å²) < 4.78 is 17.5. The third kappa shape index (κ3) is 1.65. The number of hydrogen-bond acceptors (Lipinski definition) is 5. The molecule has 1 N–H and O–H groups in total. The third-order valence-corrected chi connectivity index (χ3v) is 5.46. The minimum Gasteiger partial charge on any atom is -0.497 e. The van der Waals surface area contributed by atoms with E-state index in [0.29, 0.717) is 23.7 Å². The van der Waals surface area contributed by atoms with Gasteiger partial charge in [-0.25, -0.2) is 4.79 Å². The molecule has 3 heterocycles. The molecule has 1 aromatic carbocycles. The number of ether oxygens (including phenoxy) is 3. The molecule has 0 aromatic heterocycles. The van der Waals surface area contributed by atoms with Crippen LogP contribution >= 0.6 is 0 Å². The molecule has 7 nitrogen and oxygen atoms in total. The van der Waals surface area contributed by atoms with Gasteiger partial charge < -0.3 is 19.5 Å². The fourth-order valence-corrected chi connectivity index (χ4v) is 4.06. The van der Waals surface area contributed by atoms with Gasteiger partial charge in [-0.3, -0.25) is 9.69 Å².